The van der Waals surface area contributed by atoms with Crippen LogP contribution in [0.15, 0.2) is 12.3 Å². The van der Waals surface area contributed by atoms with Crippen LogP contribution >= 0.6 is 0 Å². The molecule has 0 saturated carbocycles. The standard InChI is InChI=1S/C3H4OTe/c1-2-4-5-3-1/h1-2H,3H2. The van der Waals surface area contributed by atoms with Gasteiger partial charge in [-0.3, -0.25) is 0 Å². The van der Waals surface area contributed by atoms with Crippen LogP contribution in [-0.2, 0) is 3.10 Å². The Morgan fingerprint density at radius 3 is 3.00 bits per heavy atom. The molecule has 2 heteroatoms. The van der Waals surface area contributed by atoms with E-state index >= 15 is 0 Å². The molecule has 1 nitrogen and oxygen atoms in total. The zero-order valence-corrected chi connectivity index (χ0v) is 5.01. The molecular weight excluding hydrogens is 180 g/mol. The Kier molecular flexibility index (Phi) is 1.19. The fraction of sp³-hybridized carbons (Fsp3) is 0.333. The maximum absolute atomic E-state index is 4.89. The fourth-order valence-electron chi connectivity index (χ4n) is 0.196. The average molecular weight is 184 g/mol. The molecule has 28 valence electrons. The Morgan fingerprint density at radius 1 is 1.80 bits per heavy atom. The van der Waals surface area contributed by atoms with Crippen molar-refractivity contribution >= 4 is 21.3 Å². The van der Waals surface area contributed by atoms with Crippen molar-refractivity contribution in [1.82, 2.24) is 0 Å². The van der Waals surface area contributed by atoms with Crippen molar-refractivity contribution in [3.05, 3.63) is 12.3 Å². The molecule has 0 radical (unpaired) electrons. The number of hydrogen-bond acceptors (Lipinski definition) is 1. The summed E-state index contributed by atoms with van der Waals surface area (Å²) in [5.41, 5.74) is 0. The first kappa shape index (κ1) is 3.52. The van der Waals surface area contributed by atoms with E-state index in [1.165, 1.54) is 4.47 Å². The van der Waals surface area contributed by atoms with Gasteiger partial charge in [-0.1, -0.05) is 0 Å². The van der Waals surface area contributed by atoms with E-state index in [-0.39, 0.29) is 21.3 Å². The third-order valence-corrected chi connectivity index (χ3v) is 2.03. The molecular formula is C3H4OTe. The average Bonchev–Trinajstić information content (AvgIpc) is 1.76. The predicted molar refractivity (Wildman–Crippen MR) is 20.8 cm³/mol. The molecule has 5 heavy (non-hydrogen) atoms. The Bertz CT molecular complexity index is 44.9. The van der Waals surface area contributed by atoms with Crippen LogP contribution < -0.4 is 0 Å². The van der Waals surface area contributed by atoms with Crippen molar-refractivity contribution in [3.63, 3.8) is 0 Å². The molecule has 0 spiro atoms. The van der Waals surface area contributed by atoms with Gasteiger partial charge in [-0.05, 0) is 0 Å². The summed E-state index contributed by atoms with van der Waals surface area (Å²) in [6, 6.07) is 0. The Morgan fingerprint density at radius 2 is 2.80 bits per heavy atom. The van der Waals surface area contributed by atoms with E-state index in [0.717, 1.165) is 0 Å². The van der Waals surface area contributed by atoms with Gasteiger partial charge in [-0.15, -0.1) is 0 Å². The predicted octanol–water partition coefficient (Wildman–Crippen LogP) is 0.568. The van der Waals surface area contributed by atoms with E-state index < -0.39 is 0 Å². The first-order valence-corrected chi connectivity index (χ1v) is 4.03. The van der Waals surface area contributed by atoms with Gasteiger partial charge in [-0.25, -0.2) is 0 Å². The van der Waals surface area contributed by atoms with Crippen molar-refractivity contribution < 1.29 is 3.10 Å². The number of allylic oxidation sites excluding steroid dienone is 1. The summed E-state index contributed by atoms with van der Waals surface area (Å²) in [5, 5.41) is 0. The molecule has 1 rings (SSSR count). The van der Waals surface area contributed by atoms with Gasteiger partial charge in [0.05, 0.1) is 0 Å². The minimum atomic E-state index is -0.00667. The quantitative estimate of drug-likeness (QED) is 0.499. The number of rotatable bonds is 0. The van der Waals surface area contributed by atoms with Gasteiger partial charge < -0.3 is 0 Å². The van der Waals surface area contributed by atoms with Crippen LogP contribution in [0.5, 0.6) is 0 Å². The van der Waals surface area contributed by atoms with Gasteiger partial charge in [-0.2, -0.15) is 0 Å². The van der Waals surface area contributed by atoms with Gasteiger partial charge in [0.25, 0.3) is 0 Å². The molecule has 0 aromatic carbocycles. The third kappa shape index (κ3) is 0.827. The summed E-state index contributed by atoms with van der Waals surface area (Å²) < 4.78 is 6.12. The maximum atomic E-state index is 4.89. The zero-order valence-electron chi connectivity index (χ0n) is 2.68. The molecule has 0 aromatic rings. The van der Waals surface area contributed by atoms with Gasteiger partial charge >= 0.3 is 41.2 Å². The van der Waals surface area contributed by atoms with E-state index in [1.807, 2.05) is 0 Å². The van der Waals surface area contributed by atoms with Gasteiger partial charge in [0.1, 0.15) is 0 Å². The first-order chi connectivity index (χ1) is 2.50. The zero-order chi connectivity index (χ0) is 3.54. The monoisotopic (exact) mass is 186 g/mol. The molecule has 1 heterocycles. The molecule has 0 atom stereocenters. The normalized spacial score (nSPS) is 19.2. The van der Waals surface area contributed by atoms with Crippen LogP contribution in [0.1, 0.15) is 0 Å². The summed E-state index contributed by atoms with van der Waals surface area (Å²) in [6.45, 7) is 0. The topological polar surface area (TPSA) is 9.23 Å². The summed E-state index contributed by atoms with van der Waals surface area (Å²) in [5.74, 6) is 0. The molecule has 1 aliphatic heterocycles. The summed E-state index contributed by atoms with van der Waals surface area (Å²) in [7, 11) is 0. The van der Waals surface area contributed by atoms with Crippen molar-refractivity contribution in [1.29, 1.82) is 0 Å². The van der Waals surface area contributed by atoms with E-state index in [2.05, 4.69) is 6.08 Å². The first-order valence-electron chi connectivity index (χ1n) is 1.43. The van der Waals surface area contributed by atoms with Crippen molar-refractivity contribution in [3.8, 4) is 0 Å². The second-order valence-electron chi connectivity index (χ2n) is 0.753. The fourth-order valence-corrected chi connectivity index (χ4v) is 1.32. The van der Waals surface area contributed by atoms with Gasteiger partial charge in [0.2, 0.25) is 0 Å². The SMILES string of the molecule is C1=CO[Te]C1. The Labute approximate surface area is 41.6 Å². The second-order valence-corrected chi connectivity index (χ2v) is 2.93. The molecule has 0 bridgehead atoms. The summed E-state index contributed by atoms with van der Waals surface area (Å²) >= 11 is -0.00667. The van der Waals surface area contributed by atoms with Crippen LogP contribution in [0.3, 0.4) is 0 Å². The molecule has 0 aromatic heterocycles. The van der Waals surface area contributed by atoms with E-state index in [9.17, 15) is 0 Å². The van der Waals surface area contributed by atoms with Gasteiger partial charge in [0, 0.05) is 0 Å². The van der Waals surface area contributed by atoms with Crippen LogP contribution in [0.25, 0.3) is 0 Å². The molecule has 0 fully saturated rings. The molecule has 0 saturated heterocycles. The van der Waals surface area contributed by atoms with Crippen molar-refractivity contribution in [2.24, 2.45) is 0 Å². The summed E-state index contributed by atoms with van der Waals surface area (Å²) in [6.07, 6.45) is 3.87. The van der Waals surface area contributed by atoms with Crippen molar-refractivity contribution in [2.75, 3.05) is 0 Å². The Balaban J connectivity index is 2.32. The van der Waals surface area contributed by atoms with E-state index in [4.69, 9.17) is 3.10 Å². The molecule has 0 amide bonds. The number of hydrogen-bond donors (Lipinski definition) is 0. The molecule has 0 unspecified atom stereocenters. The van der Waals surface area contributed by atoms with E-state index in [1.54, 1.807) is 6.26 Å². The summed E-state index contributed by atoms with van der Waals surface area (Å²) in [4.78, 5) is 0. The second kappa shape index (κ2) is 1.69. The van der Waals surface area contributed by atoms with Crippen LogP contribution in [0, 0.1) is 0 Å². The molecule has 0 aliphatic carbocycles. The van der Waals surface area contributed by atoms with Crippen molar-refractivity contribution in [2.45, 2.75) is 4.47 Å². The van der Waals surface area contributed by atoms with Crippen LogP contribution in [0.2, 0.25) is 4.47 Å². The molecule has 1 aliphatic rings. The van der Waals surface area contributed by atoms with Crippen LogP contribution in [0.4, 0.5) is 0 Å². The van der Waals surface area contributed by atoms with Crippen LogP contribution in [-0.4, -0.2) is 21.3 Å². The third-order valence-electron chi connectivity index (χ3n) is 0.384. The Hall–Kier alpha value is 0.330. The molecule has 0 N–H and O–H groups in total. The minimum absolute atomic E-state index is 0.00667. The van der Waals surface area contributed by atoms with E-state index in [0.29, 0.717) is 0 Å². The van der Waals surface area contributed by atoms with Gasteiger partial charge in [0.15, 0.2) is 0 Å².